The quantitative estimate of drug-likeness (QED) is 0.757. The highest BCUT2D eigenvalue weighted by molar-refractivity contribution is 5.93. The van der Waals surface area contributed by atoms with Crippen LogP contribution in [0.3, 0.4) is 0 Å². The van der Waals surface area contributed by atoms with Crippen LogP contribution in [0.5, 0.6) is 0 Å². The van der Waals surface area contributed by atoms with E-state index in [2.05, 4.69) is 16.7 Å². The number of hydrogen-bond donors (Lipinski definition) is 2. The molecule has 0 heterocycles. The van der Waals surface area contributed by atoms with Gasteiger partial charge in [-0.3, -0.25) is 14.5 Å². The zero-order chi connectivity index (χ0) is 19.0. The molecule has 0 fully saturated rings. The van der Waals surface area contributed by atoms with Crippen molar-refractivity contribution in [2.75, 3.05) is 25.5 Å². The molecule has 1 atom stereocenters. The standard InChI is InChI=1S/C19H28N4O2/c1-6-15-9-7-8-10-16(15)21-17(24)11-23(5)12-18(25)22-19(4,13-20)14(2)3/h7-10,14H,6,11-12H2,1-5H3,(H,21,24)(H,22,25)/t19-/m0/s1. The number of likely N-dealkylation sites (N-methyl/N-ethyl adjacent to an activating group) is 1. The number of benzene rings is 1. The smallest absolute Gasteiger partial charge is 0.238 e. The molecule has 0 aromatic heterocycles. The number of nitrogens with one attached hydrogen (secondary N) is 2. The normalized spacial score (nSPS) is 13.2. The molecule has 1 rings (SSSR count). The van der Waals surface area contributed by atoms with Gasteiger partial charge < -0.3 is 10.6 Å². The summed E-state index contributed by atoms with van der Waals surface area (Å²) in [6.07, 6.45) is 0.830. The van der Waals surface area contributed by atoms with Gasteiger partial charge >= 0.3 is 0 Å². The highest BCUT2D eigenvalue weighted by Gasteiger charge is 2.30. The van der Waals surface area contributed by atoms with Gasteiger partial charge in [-0.2, -0.15) is 5.26 Å². The molecule has 2 amide bonds. The first-order valence-electron chi connectivity index (χ1n) is 8.50. The third-order valence-electron chi connectivity index (χ3n) is 4.29. The van der Waals surface area contributed by atoms with E-state index < -0.39 is 5.54 Å². The fourth-order valence-electron chi connectivity index (χ4n) is 2.32. The zero-order valence-corrected chi connectivity index (χ0v) is 15.7. The minimum Gasteiger partial charge on any atom is -0.337 e. The number of hydrogen-bond acceptors (Lipinski definition) is 4. The topological polar surface area (TPSA) is 85.2 Å². The van der Waals surface area contributed by atoms with Crippen molar-refractivity contribution in [3.8, 4) is 6.07 Å². The van der Waals surface area contributed by atoms with Gasteiger partial charge in [0, 0.05) is 5.69 Å². The molecule has 25 heavy (non-hydrogen) atoms. The first-order chi connectivity index (χ1) is 11.7. The first kappa shape index (κ1) is 20.7. The molecule has 0 spiro atoms. The second kappa shape index (κ2) is 9.19. The summed E-state index contributed by atoms with van der Waals surface area (Å²) in [6, 6.07) is 9.79. The van der Waals surface area contributed by atoms with E-state index in [4.69, 9.17) is 0 Å². The molecule has 6 heteroatoms. The Morgan fingerprint density at radius 2 is 1.84 bits per heavy atom. The van der Waals surface area contributed by atoms with E-state index in [0.29, 0.717) is 0 Å². The molecule has 0 radical (unpaired) electrons. The predicted molar refractivity (Wildman–Crippen MR) is 98.9 cm³/mol. The number of amides is 2. The van der Waals surface area contributed by atoms with E-state index in [9.17, 15) is 14.9 Å². The van der Waals surface area contributed by atoms with Crippen molar-refractivity contribution in [2.45, 2.75) is 39.7 Å². The summed E-state index contributed by atoms with van der Waals surface area (Å²) < 4.78 is 0. The number of rotatable bonds is 8. The average Bonchev–Trinajstić information content (AvgIpc) is 2.54. The Morgan fingerprint density at radius 1 is 1.24 bits per heavy atom. The van der Waals surface area contributed by atoms with Crippen molar-refractivity contribution in [1.82, 2.24) is 10.2 Å². The van der Waals surface area contributed by atoms with Crippen molar-refractivity contribution in [3.63, 3.8) is 0 Å². The van der Waals surface area contributed by atoms with Crippen LogP contribution in [0.1, 0.15) is 33.3 Å². The maximum Gasteiger partial charge on any atom is 0.238 e. The summed E-state index contributed by atoms with van der Waals surface area (Å²) >= 11 is 0. The van der Waals surface area contributed by atoms with Gasteiger partial charge in [0.2, 0.25) is 11.8 Å². The lowest BCUT2D eigenvalue weighted by Crippen LogP contribution is -2.51. The lowest BCUT2D eigenvalue weighted by molar-refractivity contribution is -0.124. The van der Waals surface area contributed by atoms with Crippen LogP contribution in [-0.2, 0) is 16.0 Å². The number of aryl methyl sites for hydroxylation is 1. The Bertz CT molecular complexity index is 651. The second-order valence-corrected chi connectivity index (χ2v) is 6.75. The second-order valence-electron chi connectivity index (χ2n) is 6.75. The van der Waals surface area contributed by atoms with Crippen molar-refractivity contribution in [3.05, 3.63) is 29.8 Å². The first-order valence-corrected chi connectivity index (χ1v) is 8.50. The molecule has 0 bridgehead atoms. The van der Waals surface area contributed by atoms with E-state index in [0.717, 1.165) is 17.7 Å². The van der Waals surface area contributed by atoms with E-state index in [1.165, 1.54) is 0 Å². The fourth-order valence-corrected chi connectivity index (χ4v) is 2.32. The maximum absolute atomic E-state index is 12.2. The third kappa shape index (κ3) is 6.20. The number of carbonyl (C=O) groups excluding carboxylic acids is 2. The van der Waals surface area contributed by atoms with E-state index >= 15 is 0 Å². The van der Waals surface area contributed by atoms with Gasteiger partial charge in [-0.25, -0.2) is 0 Å². The Labute approximate surface area is 150 Å². The van der Waals surface area contributed by atoms with Gasteiger partial charge in [0.25, 0.3) is 0 Å². The molecule has 1 aromatic rings. The summed E-state index contributed by atoms with van der Waals surface area (Å²) in [5.41, 5.74) is 0.947. The molecular weight excluding hydrogens is 316 g/mol. The molecular formula is C19H28N4O2. The van der Waals surface area contributed by atoms with Crippen LogP contribution < -0.4 is 10.6 Å². The molecule has 0 saturated heterocycles. The van der Waals surface area contributed by atoms with Gasteiger partial charge in [0.1, 0.15) is 5.54 Å². The van der Waals surface area contributed by atoms with Gasteiger partial charge in [0.05, 0.1) is 19.2 Å². The van der Waals surface area contributed by atoms with Crippen LogP contribution in [0.15, 0.2) is 24.3 Å². The minimum atomic E-state index is -0.916. The summed E-state index contributed by atoms with van der Waals surface area (Å²) in [5.74, 6) is -0.467. The zero-order valence-electron chi connectivity index (χ0n) is 15.7. The van der Waals surface area contributed by atoms with Gasteiger partial charge in [-0.15, -0.1) is 0 Å². The largest absolute Gasteiger partial charge is 0.337 e. The lowest BCUT2D eigenvalue weighted by Gasteiger charge is -2.28. The van der Waals surface area contributed by atoms with E-state index in [1.54, 1.807) is 18.9 Å². The van der Waals surface area contributed by atoms with Crippen LogP contribution >= 0.6 is 0 Å². The summed E-state index contributed by atoms with van der Waals surface area (Å²) in [4.78, 5) is 25.9. The van der Waals surface area contributed by atoms with Crippen LogP contribution in [0.25, 0.3) is 0 Å². The Hall–Kier alpha value is -2.39. The van der Waals surface area contributed by atoms with Gasteiger partial charge in [-0.1, -0.05) is 39.0 Å². The van der Waals surface area contributed by atoms with Gasteiger partial charge in [-0.05, 0) is 37.9 Å². The highest BCUT2D eigenvalue weighted by atomic mass is 16.2. The van der Waals surface area contributed by atoms with Crippen molar-refractivity contribution in [1.29, 1.82) is 5.26 Å². The summed E-state index contributed by atoms with van der Waals surface area (Å²) in [6.45, 7) is 7.63. The number of carbonyl (C=O) groups is 2. The summed E-state index contributed by atoms with van der Waals surface area (Å²) in [7, 11) is 1.70. The predicted octanol–water partition coefficient (Wildman–Crippen LogP) is 2.17. The monoisotopic (exact) mass is 344 g/mol. The highest BCUT2D eigenvalue weighted by Crippen LogP contribution is 2.16. The maximum atomic E-state index is 12.2. The number of anilines is 1. The van der Waals surface area contributed by atoms with Crippen LogP contribution in [0, 0.1) is 17.2 Å². The van der Waals surface area contributed by atoms with Crippen LogP contribution in [-0.4, -0.2) is 42.4 Å². The van der Waals surface area contributed by atoms with Gasteiger partial charge in [0.15, 0.2) is 0 Å². The van der Waals surface area contributed by atoms with E-state index in [1.807, 2.05) is 45.0 Å². The molecule has 2 N–H and O–H groups in total. The molecule has 136 valence electrons. The van der Waals surface area contributed by atoms with Crippen molar-refractivity contribution in [2.24, 2.45) is 5.92 Å². The number of para-hydroxylation sites is 1. The van der Waals surface area contributed by atoms with Crippen molar-refractivity contribution < 1.29 is 9.59 Å². The van der Waals surface area contributed by atoms with Crippen molar-refractivity contribution >= 4 is 17.5 Å². The molecule has 0 aliphatic heterocycles. The minimum absolute atomic E-state index is 0.0133. The molecule has 0 saturated carbocycles. The Kier molecular flexibility index (Phi) is 7.59. The average molecular weight is 344 g/mol. The SMILES string of the molecule is CCc1ccccc1NC(=O)CN(C)CC(=O)N[C@@](C)(C#N)C(C)C. The molecule has 0 aliphatic rings. The van der Waals surface area contributed by atoms with Crippen LogP contribution in [0.4, 0.5) is 5.69 Å². The Morgan fingerprint density at radius 3 is 2.40 bits per heavy atom. The van der Waals surface area contributed by atoms with E-state index in [-0.39, 0.29) is 30.8 Å². The third-order valence-corrected chi connectivity index (χ3v) is 4.29. The molecule has 6 nitrogen and oxygen atoms in total. The fraction of sp³-hybridized carbons (Fsp3) is 0.526. The Balaban J connectivity index is 2.56. The summed E-state index contributed by atoms with van der Waals surface area (Å²) in [5, 5.41) is 14.9. The van der Waals surface area contributed by atoms with Crippen LogP contribution in [0.2, 0.25) is 0 Å². The lowest BCUT2D eigenvalue weighted by atomic mass is 9.90. The molecule has 0 aliphatic carbocycles. The number of nitriles is 1. The number of nitrogens with zero attached hydrogens (tertiary/aromatic N) is 2. The molecule has 0 unspecified atom stereocenters. The molecule has 1 aromatic carbocycles.